The molecule has 1 heterocycles. The number of ether oxygens (including phenoxy) is 1. The fourth-order valence-corrected chi connectivity index (χ4v) is 2.03. The van der Waals surface area contributed by atoms with Gasteiger partial charge < -0.3 is 10.1 Å². The number of carbonyl (C=O) groups is 1. The number of pyridine rings is 1. The Balaban J connectivity index is 2.66. The standard InChI is InChI=1S/C15H16F2N2O2/c1-3-5-18-13-10-6-9(16)7-12(17)14(10)19-8-11(13)15(20)21-4-2/h6-8H,3-5H2,1-2H3,(H,18,19). The maximum absolute atomic E-state index is 13.8. The smallest absolute Gasteiger partial charge is 0.341 e. The molecule has 112 valence electrons. The zero-order valence-electron chi connectivity index (χ0n) is 11.9. The van der Waals surface area contributed by atoms with Crippen LogP contribution in [0.15, 0.2) is 18.3 Å². The summed E-state index contributed by atoms with van der Waals surface area (Å²) in [6, 6.07) is 1.93. The van der Waals surface area contributed by atoms with Gasteiger partial charge in [-0.2, -0.15) is 0 Å². The third-order valence-corrected chi connectivity index (χ3v) is 2.94. The number of esters is 1. The predicted molar refractivity (Wildman–Crippen MR) is 76.4 cm³/mol. The van der Waals surface area contributed by atoms with Crippen molar-refractivity contribution in [2.24, 2.45) is 0 Å². The minimum atomic E-state index is -0.764. The number of aromatic nitrogens is 1. The van der Waals surface area contributed by atoms with Gasteiger partial charge in [0.1, 0.15) is 16.9 Å². The van der Waals surface area contributed by atoms with Crippen LogP contribution in [0.5, 0.6) is 0 Å². The molecule has 4 nitrogen and oxygen atoms in total. The van der Waals surface area contributed by atoms with Gasteiger partial charge in [-0.3, -0.25) is 4.98 Å². The predicted octanol–water partition coefficient (Wildman–Crippen LogP) is 3.51. The molecule has 0 saturated carbocycles. The minimum Gasteiger partial charge on any atom is -0.462 e. The molecule has 0 spiro atoms. The van der Waals surface area contributed by atoms with Crippen molar-refractivity contribution >= 4 is 22.6 Å². The van der Waals surface area contributed by atoms with Crippen molar-refractivity contribution in [2.45, 2.75) is 20.3 Å². The van der Waals surface area contributed by atoms with E-state index in [2.05, 4.69) is 10.3 Å². The molecule has 21 heavy (non-hydrogen) atoms. The van der Waals surface area contributed by atoms with Crippen LogP contribution >= 0.6 is 0 Å². The molecular formula is C15H16F2N2O2. The van der Waals surface area contributed by atoms with Gasteiger partial charge in [-0.05, 0) is 19.4 Å². The van der Waals surface area contributed by atoms with Crippen LogP contribution < -0.4 is 5.32 Å². The summed E-state index contributed by atoms with van der Waals surface area (Å²) < 4.78 is 32.2. The van der Waals surface area contributed by atoms with Crippen LogP contribution in [-0.2, 0) is 4.74 Å². The molecule has 0 radical (unpaired) electrons. The number of anilines is 1. The molecule has 1 aromatic carbocycles. The van der Waals surface area contributed by atoms with Crippen molar-refractivity contribution in [2.75, 3.05) is 18.5 Å². The quantitative estimate of drug-likeness (QED) is 0.857. The second kappa shape index (κ2) is 6.47. The van der Waals surface area contributed by atoms with Crippen LogP contribution in [0.25, 0.3) is 10.9 Å². The lowest BCUT2D eigenvalue weighted by Crippen LogP contribution is -2.12. The Labute approximate surface area is 121 Å². The minimum absolute atomic E-state index is 0.0167. The van der Waals surface area contributed by atoms with E-state index in [-0.39, 0.29) is 23.1 Å². The zero-order valence-corrected chi connectivity index (χ0v) is 11.9. The summed E-state index contributed by atoms with van der Waals surface area (Å²) in [5.41, 5.74) is 0.532. The zero-order chi connectivity index (χ0) is 15.4. The Morgan fingerprint density at radius 2 is 2.10 bits per heavy atom. The Bertz CT molecular complexity index is 674. The van der Waals surface area contributed by atoms with Crippen molar-refractivity contribution in [3.05, 3.63) is 35.5 Å². The second-order valence-electron chi connectivity index (χ2n) is 4.48. The van der Waals surface area contributed by atoms with Gasteiger partial charge in [-0.15, -0.1) is 0 Å². The van der Waals surface area contributed by atoms with Crippen LogP contribution in [0.2, 0.25) is 0 Å². The normalized spacial score (nSPS) is 10.7. The van der Waals surface area contributed by atoms with Crippen LogP contribution in [0.1, 0.15) is 30.6 Å². The lowest BCUT2D eigenvalue weighted by molar-refractivity contribution is 0.0527. The van der Waals surface area contributed by atoms with Crippen molar-refractivity contribution < 1.29 is 18.3 Å². The third-order valence-electron chi connectivity index (χ3n) is 2.94. The van der Waals surface area contributed by atoms with Crippen LogP contribution in [-0.4, -0.2) is 24.1 Å². The summed E-state index contributed by atoms with van der Waals surface area (Å²) in [6.07, 6.45) is 2.04. The number of nitrogens with one attached hydrogen (secondary N) is 1. The van der Waals surface area contributed by atoms with E-state index in [1.54, 1.807) is 6.92 Å². The van der Waals surface area contributed by atoms with E-state index >= 15 is 0 Å². The molecule has 0 amide bonds. The summed E-state index contributed by atoms with van der Waals surface area (Å²) >= 11 is 0. The highest BCUT2D eigenvalue weighted by Crippen LogP contribution is 2.29. The fourth-order valence-electron chi connectivity index (χ4n) is 2.03. The highest BCUT2D eigenvalue weighted by Gasteiger charge is 2.18. The van der Waals surface area contributed by atoms with E-state index in [1.165, 1.54) is 6.20 Å². The van der Waals surface area contributed by atoms with Crippen LogP contribution in [0.3, 0.4) is 0 Å². The first-order valence-corrected chi connectivity index (χ1v) is 6.77. The molecule has 0 aliphatic rings. The first kappa shape index (κ1) is 15.2. The van der Waals surface area contributed by atoms with Crippen molar-refractivity contribution in [3.8, 4) is 0 Å². The molecule has 0 atom stereocenters. The summed E-state index contributed by atoms with van der Waals surface area (Å²) in [7, 11) is 0. The largest absolute Gasteiger partial charge is 0.462 e. The molecule has 2 aromatic rings. The number of fused-ring (bicyclic) bond motifs is 1. The lowest BCUT2D eigenvalue weighted by atomic mass is 10.1. The topological polar surface area (TPSA) is 51.2 Å². The maximum Gasteiger partial charge on any atom is 0.341 e. The summed E-state index contributed by atoms with van der Waals surface area (Å²) in [5.74, 6) is -2.06. The monoisotopic (exact) mass is 294 g/mol. The van der Waals surface area contributed by atoms with Gasteiger partial charge in [0, 0.05) is 24.2 Å². The van der Waals surface area contributed by atoms with E-state index in [1.807, 2.05) is 6.92 Å². The first-order chi connectivity index (χ1) is 10.1. The molecule has 6 heteroatoms. The average molecular weight is 294 g/mol. The number of benzene rings is 1. The number of rotatable bonds is 5. The average Bonchev–Trinajstić information content (AvgIpc) is 2.44. The molecule has 1 N–H and O–H groups in total. The molecule has 0 unspecified atom stereocenters. The van der Waals surface area contributed by atoms with Gasteiger partial charge in [0.2, 0.25) is 0 Å². The molecule has 0 aliphatic heterocycles. The summed E-state index contributed by atoms with van der Waals surface area (Å²) in [4.78, 5) is 15.9. The SMILES string of the molecule is CCCNc1c(C(=O)OCC)cnc2c(F)cc(F)cc12. The summed E-state index contributed by atoms with van der Waals surface area (Å²) in [5, 5.41) is 3.25. The van der Waals surface area contributed by atoms with Gasteiger partial charge in [-0.25, -0.2) is 13.6 Å². The second-order valence-corrected chi connectivity index (χ2v) is 4.48. The highest BCUT2D eigenvalue weighted by molar-refractivity contribution is 6.05. The number of carbonyl (C=O) groups excluding carboxylic acids is 1. The highest BCUT2D eigenvalue weighted by atomic mass is 19.1. The number of hydrogen-bond acceptors (Lipinski definition) is 4. The Kier molecular flexibility index (Phi) is 4.67. The first-order valence-electron chi connectivity index (χ1n) is 6.77. The summed E-state index contributed by atoms with van der Waals surface area (Å²) in [6.45, 7) is 4.40. The Morgan fingerprint density at radius 1 is 1.33 bits per heavy atom. The maximum atomic E-state index is 13.8. The van der Waals surface area contributed by atoms with Gasteiger partial charge in [0.05, 0.1) is 12.3 Å². The molecule has 0 fully saturated rings. The van der Waals surface area contributed by atoms with Gasteiger partial charge in [-0.1, -0.05) is 6.92 Å². The number of hydrogen-bond donors (Lipinski definition) is 1. The number of halogens is 2. The van der Waals surface area contributed by atoms with Gasteiger partial charge >= 0.3 is 5.97 Å². The Hall–Kier alpha value is -2.24. The van der Waals surface area contributed by atoms with E-state index < -0.39 is 17.6 Å². The molecule has 1 aromatic heterocycles. The van der Waals surface area contributed by atoms with Gasteiger partial charge in [0.25, 0.3) is 0 Å². The van der Waals surface area contributed by atoms with E-state index in [4.69, 9.17) is 4.74 Å². The van der Waals surface area contributed by atoms with E-state index in [0.29, 0.717) is 12.2 Å². The lowest BCUT2D eigenvalue weighted by Gasteiger charge is -2.13. The van der Waals surface area contributed by atoms with Crippen molar-refractivity contribution in [3.63, 3.8) is 0 Å². The van der Waals surface area contributed by atoms with Crippen LogP contribution in [0, 0.1) is 11.6 Å². The Morgan fingerprint density at radius 3 is 2.76 bits per heavy atom. The molecule has 0 saturated heterocycles. The van der Waals surface area contributed by atoms with E-state index in [0.717, 1.165) is 18.6 Å². The van der Waals surface area contributed by atoms with Gasteiger partial charge in [0.15, 0.2) is 5.82 Å². The molecule has 2 rings (SSSR count). The van der Waals surface area contributed by atoms with Crippen molar-refractivity contribution in [1.82, 2.24) is 4.98 Å². The van der Waals surface area contributed by atoms with Crippen molar-refractivity contribution in [1.29, 1.82) is 0 Å². The van der Waals surface area contributed by atoms with Crippen LogP contribution in [0.4, 0.5) is 14.5 Å². The molecule has 0 aliphatic carbocycles. The molecule has 0 bridgehead atoms. The molecular weight excluding hydrogens is 278 g/mol. The van der Waals surface area contributed by atoms with E-state index in [9.17, 15) is 13.6 Å². The fraction of sp³-hybridized carbons (Fsp3) is 0.333. The third kappa shape index (κ3) is 3.09. The number of nitrogens with zero attached hydrogens (tertiary/aromatic N) is 1.